The molecule has 19 heavy (non-hydrogen) atoms. The van der Waals surface area contributed by atoms with Crippen molar-refractivity contribution in [3.05, 3.63) is 38.3 Å². The Balaban J connectivity index is 2.44. The molecule has 0 fully saturated rings. The number of hydrogen-bond acceptors (Lipinski definition) is 4. The van der Waals surface area contributed by atoms with Crippen molar-refractivity contribution in [2.45, 2.75) is 13.8 Å². The molecule has 0 bridgehead atoms. The van der Waals surface area contributed by atoms with Gasteiger partial charge in [-0.3, -0.25) is 0 Å². The third-order valence-electron chi connectivity index (χ3n) is 2.51. The topological polar surface area (TPSA) is 52.3 Å². The number of benzene rings is 1. The molecule has 0 unspecified atom stereocenters. The van der Waals surface area contributed by atoms with Gasteiger partial charge in [-0.2, -0.15) is 5.10 Å². The number of nitrogens with zero attached hydrogens (tertiary/aromatic N) is 4. The molecule has 1 aromatic heterocycles. The van der Waals surface area contributed by atoms with Crippen molar-refractivity contribution in [3.63, 3.8) is 0 Å². The molecule has 5 nitrogen and oxygen atoms in total. The molecule has 0 aliphatic rings. The zero-order valence-electron chi connectivity index (χ0n) is 10.7. The maximum atomic E-state index is 5.36. The van der Waals surface area contributed by atoms with Crippen LogP contribution in [0, 0.1) is 13.8 Å². The van der Waals surface area contributed by atoms with Crippen molar-refractivity contribution in [1.82, 2.24) is 14.9 Å². The van der Waals surface area contributed by atoms with Gasteiger partial charge in [-0.1, -0.05) is 15.9 Å². The number of rotatable bonds is 3. The lowest BCUT2D eigenvalue weighted by molar-refractivity contribution is 0.411. The highest BCUT2D eigenvalue weighted by molar-refractivity contribution is 9.11. The Morgan fingerprint density at radius 2 is 1.84 bits per heavy atom. The minimum absolute atomic E-state index is 0.732. The minimum Gasteiger partial charge on any atom is -0.495 e. The fraction of sp³-hybridized carbons (Fsp3) is 0.250. The molecule has 0 aliphatic carbocycles. The van der Waals surface area contributed by atoms with E-state index < -0.39 is 0 Å². The van der Waals surface area contributed by atoms with Crippen molar-refractivity contribution >= 4 is 38.1 Å². The van der Waals surface area contributed by atoms with Crippen LogP contribution >= 0.6 is 31.9 Å². The molecule has 2 rings (SSSR count). The molecule has 0 saturated heterocycles. The molecule has 0 N–H and O–H groups in total. The number of methoxy groups -OCH3 is 1. The van der Waals surface area contributed by atoms with Crippen LogP contribution in [0.3, 0.4) is 0 Å². The highest BCUT2D eigenvalue weighted by Crippen LogP contribution is 2.31. The molecule has 1 heterocycles. The van der Waals surface area contributed by atoms with Gasteiger partial charge < -0.3 is 4.74 Å². The summed E-state index contributed by atoms with van der Waals surface area (Å²) in [5.74, 6) is 2.21. The SMILES string of the molecule is COc1c(Br)cc(Br)cc1C=Nn1c(C)nnc1C. The van der Waals surface area contributed by atoms with E-state index in [9.17, 15) is 0 Å². The molecule has 0 saturated carbocycles. The predicted octanol–water partition coefficient (Wildman–Crippen LogP) is 3.31. The van der Waals surface area contributed by atoms with Crippen LogP contribution in [0.25, 0.3) is 0 Å². The maximum absolute atomic E-state index is 5.36. The average molecular weight is 388 g/mol. The highest BCUT2D eigenvalue weighted by atomic mass is 79.9. The Bertz CT molecular complexity index is 617. The first-order valence-corrected chi connectivity index (χ1v) is 7.07. The van der Waals surface area contributed by atoms with Crippen LogP contribution in [0.2, 0.25) is 0 Å². The van der Waals surface area contributed by atoms with Crippen LogP contribution in [-0.2, 0) is 0 Å². The van der Waals surface area contributed by atoms with Crippen molar-refractivity contribution in [2.24, 2.45) is 5.10 Å². The van der Waals surface area contributed by atoms with Gasteiger partial charge in [-0.05, 0) is 41.9 Å². The lowest BCUT2D eigenvalue weighted by Gasteiger charge is -2.08. The lowest BCUT2D eigenvalue weighted by Crippen LogP contribution is -1.98. The predicted molar refractivity (Wildman–Crippen MR) is 80.9 cm³/mol. The first-order chi connectivity index (χ1) is 9.02. The van der Waals surface area contributed by atoms with E-state index in [2.05, 4.69) is 47.2 Å². The Hall–Kier alpha value is -1.21. The Morgan fingerprint density at radius 1 is 1.21 bits per heavy atom. The molecule has 0 aliphatic heterocycles. The van der Waals surface area contributed by atoms with Crippen molar-refractivity contribution in [1.29, 1.82) is 0 Å². The Morgan fingerprint density at radius 3 is 2.42 bits per heavy atom. The van der Waals surface area contributed by atoms with E-state index in [-0.39, 0.29) is 0 Å². The fourth-order valence-corrected chi connectivity index (χ4v) is 3.06. The third kappa shape index (κ3) is 3.03. The largest absolute Gasteiger partial charge is 0.495 e. The van der Waals surface area contributed by atoms with Gasteiger partial charge in [0.1, 0.15) is 5.75 Å². The quantitative estimate of drug-likeness (QED) is 0.759. The summed E-state index contributed by atoms with van der Waals surface area (Å²) in [6.45, 7) is 3.71. The Kier molecular flexibility index (Phi) is 4.36. The number of ether oxygens (including phenoxy) is 1. The van der Waals surface area contributed by atoms with E-state index in [1.807, 2.05) is 26.0 Å². The van der Waals surface area contributed by atoms with Gasteiger partial charge in [-0.25, -0.2) is 4.68 Å². The van der Waals surface area contributed by atoms with E-state index in [1.165, 1.54) is 0 Å². The first kappa shape index (κ1) is 14.2. The second-order valence-electron chi connectivity index (χ2n) is 3.86. The lowest BCUT2D eigenvalue weighted by atomic mass is 10.2. The van der Waals surface area contributed by atoms with Crippen LogP contribution in [0.1, 0.15) is 17.2 Å². The van der Waals surface area contributed by atoms with E-state index in [1.54, 1.807) is 18.0 Å². The molecule has 0 atom stereocenters. The number of aryl methyl sites for hydroxylation is 2. The van der Waals surface area contributed by atoms with Gasteiger partial charge in [0.2, 0.25) is 0 Å². The molecular weight excluding hydrogens is 376 g/mol. The first-order valence-electron chi connectivity index (χ1n) is 5.49. The van der Waals surface area contributed by atoms with Crippen LogP contribution in [0.5, 0.6) is 5.75 Å². The number of aromatic nitrogens is 3. The third-order valence-corrected chi connectivity index (χ3v) is 3.55. The van der Waals surface area contributed by atoms with E-state index in [4.69, 9.17) is 4.74 Å². The van der Waals surface area contributed by atoms with Crippen molar-refractivity contribution in [3.8, 4) is 5.75 Å². The van der Waals surface area contributed by atoms with Crippen molar-refractivity contribution in [2.75, 3.05) is 7.11 Å². The number of halogens is 2. The van der Waals surface area contributed by atoms with Crippen LogP contribution < -0.4 is 4.74 Å². The summed E-state index contributed by atoms with van der Waals surface area (Å²) in [7, 11) is 1.63. The summed E-state index contributed by atoms with van der Waals surface area (Å²) in [6.07, 6.45) is 1.72. The van der Waals surface area contributed by atoms with Crippen LogP contribution in [0.15, 0.2) is 26.2 Å². The monoisotopic (exact) mass is 386 g/mol. The summed E-state index contributed by atoms with van der Waals surface area (Å²) in [4.78, 5) is 0. The normalized spacial score (nSPS) is 11.2. The second kappa shape index (κ2) is 5.83. The molecule has 100 valence electrons. The molecule has 7 heteroatoms. The van der Waals surface area contributed by atoms with E-state index in [0.29, 0.717) is 0 Å². The molecular formula is C12H12Br2N4O. The Labute approximate surface area is 127 Å². The van der Waals surface area contributed by atoms with Crippen LogP contribution in [-0.4, -0.2) is 28.2 Å². The zero-order chi connectivity index (χ0) is 14.0. The van der Waals surface area contributed by atoms with Crippen molar-refractivity contribution < 1.29 is 4.74 Å². The standard InChI is InChI=1S/C12H12Br2N4O/c1-7-16-17-8(2)18(7)15-6-9-4-10(13)5-11(14)12(9)19-3/h4-6H,1-3H3. The van der Waals surface area contributed by atoms with Gasteiger partial charge in [0.05, 0.1) is 17.8 Å². The summed E-state index contributed by atoms with van der Waals surface area (Å²) in [6, 6.07) is 3.85. The second-order valence-corrected chi connectivity index (χ2v) is 5.63. The van der Waals surface area contributed by atoms with Gasteiger partial charge in [-0.15, -0.1) is 10.2 Å². The molecule has 0 spiro atoms. The van der Waals surface area contributed by atoms with E-state index in [0.717, 1.165) is 31.9 Å². The van der Waals surface area contributed by atoms with Gasteiger partial charge in [0, 0.05) is 10.0 Å². The smallest absolute Gasteiger partial charge is 0.151 e. The molecule has 0 amide bonds. The van der Waals surface area contributed by atoms with Crippen LogP contribution in [0.4, 0.5) is 0 Å². The minimum atomic E-state index is 0.732. The fourth-order valence-electron chi connectivity index (χ4n) is 1.64. The summed E-state index contributed by atoms with van der Waals surface area (Å²) in [5.41, 5.74) is 0.858. The maximum Gasteiger partial charge on any atom is 0.151 e. The van der Waals surface area contributed by atoms with E-state index >= 15 is 0 Å². The summed E-state index contributed by atoms with van der Waals surface area (Å²) in [5, 5.41) is 12.3. The van der Waals surface area contributed by atoms with Gasteiger partial charge in [0.15, 0.2) is 11.6 Å². The highest BCUT2D eigenvalue weighted by Gasteiger charge is 2.08. The summed E-state index contributed by atoms with van der Waals surface area (Å²) < 4.78 is 8.84. The number of hydrogen-bond donors (Lipinski definition) is 0. The zero-order valence-corrected chi connectivity index (χ0v) is 13.9. The molecule has 1 aromatic carbocycles. The molecule has 2 aromatic rings. The average Bonchev–Trinajstić information content (AvgIpc) is 2.66. The van der Waals surface area contributed by atoms with Gasteiger partial charge in [0.25, 0.3) is 0 Å². The molecule has 0 radical (unpaired) electrons. The summed E-state index contributed by atoms with van der Waals surface area (Å²) >= 11 is 6.90. The van der Waals surface area contributed by atoms with Gasteiger partial charge >= 0.3 is 0 Å².